The Kier molecular flexibility index (Phi) is 6.30. The molecule has 2 heterocycles. The van der Waals surface area contributed by atoms with E-state index in [1.807, 2.05) is 39.2 Å². The van der Waals surface area contributed by atoms with Gasteiger partial charge in [0.1, 0.15) is 11.7 Å². The fourth-order valence-corrected chi connectivity index (χ4v) is 4.73. The second-order valence-electron chi connectivity index (χ2n) is 9.10. The molecule has 0 N–H and O–H groups in total. The van der Waals surface area contributed by atoms with Crippen LogP contribution in [0, 0.1) is 12.7 Å². The molecule has 1 saturated heterocycles. The number of ether oxygens (including phenoxy) is 1. The van der Waals surface area contributed by atoms with Crippen LogP contribution < -0.4 is 0 Å². The van der Waals surface area contributed by atoms with E-state index in [-0.39, 0.29) is 17.5 Å². The number of hydrogen-bond donors (Lipinski definition) is 0. The van der Waals surface area contributed by atoms with Gasteiger partial charge in [-0.2, -0.15) is 5.10 Å². The predicted molar refractivity (Wildman–Crippen MR) is 137 cm³/mol. The molecule has 0 aliphatic carbocycles. The molecule has 1 atom stereocenters. The molecule has 1 fully saturated rings. The maximum Gasteiger partial charge on any atom is 0.195 e. The van der Waals surface area contributed by atoms with E-state index in [0.29, 0.717) is 33.8 Å². The van der Waals surface area contributed by atoms with E-state index < -0.39 is 5.82 Å². The molecule has 0 bridgehead atoms. The first-order valence-electron chi connectivity index (χ1n) is 11.6. The van der Waals surface area contributed by atoms with Crippen molar-refractivity contribution in [2.24, 2.45) is 4.99 Å². The second-order valence-corrected chi connectivity index (χ2v) is 9.54. The SMILES string of the molecule is Cc1cc(C(=O)c2ccc(F)c3nn(C4CCCCO4)cc23)c(N=CN(C)C)c2ccc(Cl)cc12. The molecule has 4 aromatic rings. The number of aliphatic imine (C=N–C) groups is 1. The Morgan fingerprint density at radius 3 is 2.74 bits per heavy atom. The predicted octanol–water partition coefficient (Wildman–Crippen LogP) is 6.44. The van der Waals surface area contributed by atoms with Crippen molar-refractivity contribution < 1.29 is 13.9 Å². The first-order chi connectivity index (χ1) is 16.8. The van der Waals surface area contributed by atoms with Gasteiger partial charge >= 0.3 is 0 Å². The molecule has 3 aromatic carbocycles. The Morgan fingerprint density at radius 2 is 2.00 bits per heavy atom. The summed E-state index contributed by atoms with van der Waals surface area (Å²) in [6.45, 7) is 2.58. The zero-order valence-electron chi connectivity index (χ0n) is 19.9. The normalized spacial score (nSPS) is 16.4. The number of carbonyl (C=O) groups excluding carboxylic acids is 1. The van der Waals surface area contributed by atoms with Crippen LogP contribution in [0.1, 0.15) is 47.0 Å². The molecular formula is C27H26ClFN4O2. The smallest absolute Gasteiger partial charge is 0.195 e. The molecule has 1 aliphatic heterocycles. The molecule has 5 rings (SSSR count). The maximum atomic E-state index is 14.7. The highest BCUT2D eigenvalue weighted by molar-refractivity contribution is 6.31. The Morgan fingerprint density at radius 1 is 1.17 bits per heavy atom. The molecule has 0 radical (unpaired) electrons. The van der Waals surface area contributed by atoms with Crippen molar-refractivity contribution in [3.8, 4) is 0 Å². The van der Waals surface area contributed by atoms with Crippen molar-refractivity contribution in [3.63, 3.8) is 0 Å². The standard InChI is InChI=1S/C27H26ClFN4O2/c1-16-12-21(25(30-15-32(2)3)18-8-7-17(28)13-20(16)18)27(34)19-9-10-23(29)26-22(19)14-33(31-26)24-6-4-5-11-35-24/h7-10,12-15,24H,4-6,11H2,1-3H3. The molecule has 0 amide bonds. The van der Waals surface area contributed by atoms with E-state index in [4.69, 9.17) is 16.3 Å². The van der Waals surface area contributed by atoms with Crippen LogP contribution in [0.15, 0.2) is 47.6 Å². The number of hydrogen-bond acceptors (Lipinski definition) is 4. The van der Waals surface area contributed by atoms with Gasteiger partial charge in [-0.3, -0.25) is 4.79 Å². The minimum absolute atomic E-state index is 0.160. The first-order valence-corrected chi connectivity index (χ1v) is 12.0. The maximum absolute atomic E-state index is 14.7. The van der Waals surface area contributed by atoms with Crippen LogP contribution in [0.5, 0.6) is 0 Å². The van der Waals surface area contributed by atoms with Crippen molar-refractivity contribution in [1.82, 2.24) is 14.7 Å². The van der Waals surface area contributed by atoms with Crippen molar-refractivity contribution >= 4 is 51.1 Å². The molecular weight excluding hydrogens is 467 g/mol. The van der Waals surface area contributed by atoms with Crippen LogP contribution in [-0.4, -0.2) is 47.5 Å². The van der Waals surface area contributed by atoms with Gasteiger partial charge in [0, 0.05) is 53.8 Å². The van der Waals surface area contributed by atoms with Gasteiger partial charge < -0.3 is 9.64 Å². The van der Waals surface area contributed by atoms with Crippen LogP contribution in [0.4, 0.5) is 10.1 Å². The highest BCUT2D eigenvalue weighted by Crippen LogP contribution is 2.37. The molecule has 0 spiro atoms. The van der Waals surface area contributed by atoms with Crippen LogP contribution in [0.2, 0.25) is 5.02 Å². The fraction of sp³-hybridized carbons (Fsp3) is 0.296. The number of halogens is 2. The number of rotatable bonds is 5. The van der Waals surface area contributed by atoms with Crippen molar-refractivity contribution in [2.75, 3.05) is 20.7 Å². The largest absolute Gasteiger partial charge is 0.369 e. The summed E-state index contributed by atoms with van der Waals surface area (Å²) in [5.74, 6) is -0.716. The summed E-state index contributed by atoms with van der Waals surface area (Å²) < 4.78 is 22.2. The molecule has 6 nitrogen and oxygen atoms in total. The minimum Gasteiger partial charge on any atom is -0.369 e. The lowest BCUT2D eigenvalue weighted by atomic mass is 9.93. The van der Waals surface area contributed by atoms with Gasteiger partial charge in [-0.15, -0.1) is 0 Å². The lowest BCUT2D eigenvalue weighted by Crippen LogP contribution is -2.18. The summed E-state index contributed by atoms with van der Waals surface area (Å²) in [6, 6.07) is 10.2. The number of aryl methyl sites for hydroxylation is 1. The third-order valence-electron chi connectivity index (χ3n) is 6.28. The summed E-state index contributed by atoms with van der Waals surface area (Å²) in [5.41, 5.74) is 2.41. The van der Waals surface area contributed by atoms with Gasteiger partial charge in [-0.1, -0.05) is 17.7 Å². The minimum atomic E-state index is -0.471. The van der Waals surface area contributed by atoms with E-state index in [1.165, 1.54) is 12.1 Å². The van der Waals surface area contributed by atoms with Crippen LogP contribution in [0.25, 0.3) is 21.7 Å². The highest BCUT2D eigenvalue weighted by Gasteiger charge is 2.24. The third-order valence-corrected chi connectivity index (χ3v) is 6.52. The Bertz CT molecular complexity index is 1470. The molecule has 180 valence electrons. The molecule has 1 aliphatic rings. The molecule has 8 heteroatoms. The summed E-state index contributed by atoms with van der Waals surface area (Å²) in [6.07, 6.45) is 5.94. The van der Waals surface area contributed by atoms with Gasteiger partial charge in [0.05, 0.1) is 12.0 Å². The van der Waals surface area contributed by atoms with Gasteiger partial charge in [-0.25, -0.2) is 14.1 Å². The summed E-state index contributed by atoms with van der Waals surface area (Å²) in [5, 5.41) is 7.26. The van der Waals surface area contributed by atoms with Gasteiger partial charge in [-0.05, 0) is 67.5 Å². The average Bonchev–Trinajstić information content (AvgIpc) is 3.30. The van der Waals surface area contributed by atoms with E-state index in [9.17, 15) is 9.18 Å². The summed E-state index contributed by atoms with van der Waals surface area (Å²) in [4.78, 5) is 20.4. The van der Waals surface area contributed by atoms with Crippen molar-refractivity contribution in [3.05, 3.63) is 70.1 Å². The highest BCUT2D eigenvalue weighted by atomic mass is 35.5. The third kappa shape index (κ3) is 4.42. The summed E-state index contributed by atoms with van der Waals surface area (Å²) in [7, 11) is 3.73. The first kappa shape index (κ1) is 23.5. The second kappa shape index (κ2) is 9.40. The number of benzene rings is 3. The fourth-order valence-electron chi connectivity index (χ4n) is 4.56. The van der Waals surface area contributed by atoms with Crippen LogP contribution in [0.3, 0.4) is 0 Å². The van der Waals surface area contributed by atoms with Crippen LogP contribution in [-0.2, 0) is 4.74 Å². The molecule has 35 heavy (non-hydrogen) atoms. The lowest BCUT2D eigenvalue weighted by Gasteiger charge is -2.22. The van der Waals surface area contributed by atoms with Crippen LogP contribution >= 0.6 is 11.6 Å². The van der Waals surface area contributed by atoms with Crippen molar-refractivity contribution in [2.45, 2.75) is 32.4 Å². The average molecular weight is 493 g/mol. The van der Waals surface area contributed by atoms with E-state index in [1.54, 1.807) is 28.2 Å². The van der Waals surface area contributed by atoms with Crippen molar-refractivity contribution in [1.29, 1.82) is 0 Å². The van der Waals surface area contributed by atoms with Gasteiger partial charge in [0.2, 0.25) is 0 Å². The topological polar surface area (TPSA) is 59.7 Å². The van der Waals surface area contributed by atoms with E-state index in [0.717, 1.165) is 35.6 Å². The van der Waals surface area contributed by atoms with Gasteiger partial charge in [0.25, 0.3) is 0 Å². The van der Waals surface area contributed by atoms with E-state index in [2.05, 4.69) is 10.1 Å². The zero-order valence-corrected chi connectivity index (χ0v) is 20.6. The zero-order chi connectivity index (χ0) is 24.7. The molecule has 0 saturated carbocycles. The number of ketones is 1. The Balaban J connectivity index is 1.69. The lowest BCUT2D eigenvalue weighted by molar-refractivity contribution is -0.0391. The summed E-state index contributed by atoms with van der Waals surface area (Å²) >= 11 is 6.25. The number of nitrogens with zero attached hydrogens (tertiary/aromatic N) is 4. The van der Waals surface area contributed by atoms with Gasteiger partial charge in [0.15, 0.2) is 11.6 Å². The monoisotopic (exact) mass is 492 g/mol. The Labute approximate surface area is 208 Å². The number of carbonyl (C=O) groups is 1. The van der Waals surface area contributed by atoms with E-state index >= 15 is 0 Å². The number of aromatic nitrogens is 2. The molecule has 1 unspecified atom stereocenters. The molecule has 1 aromatic heterocycles. The number of fused-ring (bicyclic) bond motifs is 2. The quantitative estimate of drug-likeness (QED) is 0.183. The Hall–Kier alpha value is -3.29.